The number of rotatable bonds is 8. The monoisotopic (exact) mass is 286 g/mol. The van der Waals surface area contributed by atoms with Crippen molar-refractivity contribution in [1.29, 1.82) is 0 Å². The maximum atomic E-state index is 13.1. The van der Waals surface area contributed by atoms with Crippen molar-refractivity contribution in [3.8, 4) is 0 Å². The molecule has 1 aromatic rings. The van der Waals surface area contributed by atoms with Gasteiger partial charge in [-0.3, -0.25) is 0 Å². The number of benzene rings is 1. The van der Waals surface area contributed by atoms with E-state index in [1.54, 1.807) is 6.07 Å². The summed E-state index contributed by atoms with van der Waals surface area (Å²) >= 11 is 5.80. The van der Waals surface area contributed by atoms with Gasteiger partial charge in [-0.15, -0.1) is 0 Å². The molecule has 4 heteroatoms. The van der Waals surface area contributed by atoms with Crippen LogP contribution < -0.4 is 5.32 Å². The third kappa shape index (κ3) is 6.90. The standard InChI is InChI=1S/C15H24ClFN2/c1-12(2)19(3)7-5-4-6-18-11-13-8-14(16)10-15(17)9-13/h8-10,12,18H,4-7,11H2,1-3H3. The summed E-state index contributed by atoms with van der Waals surface area (Å²) in [6, 6.07) is 5.24. The van der Waals surface area contributed by atoms with E-state index >= 15 is 0 Å². The molecule has 0 aliphatic rings. The van der Waals surface area contributed by atoms with Gasteiger partial charge in [-0.25, -0.2) is 4.39 Å². The second kappa shape index (κ2) is 8.51. The molecule has 0 bridgehead atoms. The SMILES string of the molecule is CC(C)N(C)CCCCNCc1cc(F)cc(Cl)c1. The average Bonchev–Trinajstić information content (AvgIpc) is 2.31. The van der Waals surface area contributed by atoms with Crippen molar-refractivity contribution >= 4 is 11.6 Å². The van der Waals surface area contributed by atoms with E-state index in [2.05, 4.69) is 31.1 Å². The predicted octanol–water partition coefficient (Wildman–Crippen LogP) is 3.69. The first-order valence-corrected chi connectivity index (χ1v) is 7.22. The second-order valence-electron chi connectivity index (χ2n) is 5.24. The molecular weight excluding hydrogens is 263 g/mol. The summed E-state index contributed by atoms with van der Waals surface area (Å²) in [6.45, 7) is 7.13. The van der Waals surface area contributed by atoms with Crippen LogP contribution in [-0.4, -0.2) is 31.1 Å². The summed E-state index contributed by atoms with van der Waals surface area (Å²) in [4.78, 5) is 2.34. The van der Waals surface area contributed by atoms with E-state index in [0.717, 1.165) is 25.1 Å². The van der Waals surface area contributed by atoms with E-state index in [0.29, 0.717) is 17.6 Å². The van der Waals surface area contributed by atoms with Crippen molar-refractivity contribution in [2.75, 3.05) is 20.1 Å². The molecule has 19 heavy (non-hydrogen) atoms. The molecule has 1 aromatic carbocycles. The Morgan fingerprint density at radius 2 is 2.00 bits per heavy atom. The molecule has 0 atom stereocenters. The van der Waals surface area contributed by atoms with Gasteiger partial charge in [-0.2, -0.15) is 0 Å². The molecule has 0 aliphatic heterocycles. The van der Waals surface area contributed by atoms with Crippen molar-refractivity contribution in [2.24, 2.45) is 0 Å². The van der Waals surface area contributed by atoms with Crippen molar-refractivity contribution in [3.05, 3.63) is 34.6 Å². The number of halogens is 2. The Labute approximate surface area is 120 Å². The first-order valence-electron chi connectivity index (χ1n) is 6.85. The molecule has 0 amide bonds. The van der Waals surface area contributed by atoms with Crippen LogP contribution in [0.15, 0.2) is 18.2 Å². The van der Waals surface area contributed by atoms with Gasteiger partial charge in [0, 0.05) is 17.6 Å². The van der Waals surface area contributed by atoms with Crippen LogP contribution in [-0.2, 0) is 6.54 Å². The minimum absolute atomic E-state index is 0.275. The first kappa shape index (κ1) is 16.4. The minimum Gasteiger partial charge on any atom is -0.313 e. The van der Waals surface area contributed by atoms with Crippen LogP contribution in [0.4, 0.5) is 4.39 Å². The Bertz CT molecular complexity index is 362. The minimum atomic E-state index is -0.275. The van der Waals surface area contributed by atoms with Gasteiger partial charge in [0.25, 0.3) is 0 Å². The van der Waals surface area contributed by atoms with Gasteiger partial charge < -0.3 is 10.2 Å². The van der Waals surface area contributed by atoms with Gasteiger partial charge in [0.05, 0.1) is 0 Å². The number of nitrogens with one attached hydrogen (secondary N) is 1. The fourth-order valence-electron chi connectivity index (χ4n) is 1.82. The maximum Gasteiger partial charge on any atom is 0.125 e. The van der Waals surface area contributed by atoms with E-state index in [4.69, 9.17) is 11.6 Å². The fraction of sp³-hybridized carbons (Fsp3) is 0.600. The van der Waals surface area contributed by atoms with Crippen LogP contribution in [0.3, 0.4) is 0 Å². The van der Waals surface area contributed by atoms with Gasteiger partial charge in [0.1, 0.15) is 5.82 Å². The van der Waals surface area contributed by atoms with E-state index in [9.17, 15) is 4.39 Å². The molecule has 1 N–H and O–H groups in total. The maximum absolute atomic E-state index is 13.1. The van der Waals surface area contributed by atoms with Crippen LogP contribution in [0.5, 0.6) is 0 Å². The van der Waals surface area contributed by atoms with Crippen LogP contribution >= 0.6 is 11.6 Å². The summed E-state index contributed by atoms with van der Waals surface area (Å²) in [7, 11) is 2.15. The molecule has 1 rings (SSSR count). The van der Waals surface area contributed by atoms with Crippen molar-refractivity contribution in [3.63, 3.8) is 0 Å². The normalized spacial score (nSPS) is 11.5. The number of nitrogens with zero attached hydrogens (tertiary/aromatic N) is 1. The zero-order chi connectivity index (χ0) is 14.3. The molecule has 0 fully saturated rings. The molecule has 0 aromatic heterocycles. The largest absolute Gasteiger partial charge is 0.313 e. The van der Waals surface area contributed by atoms with Gasteiger partial charge in [0.15, 0.2) is 0 Å². The Morgan fingerprint density at radius 1 is 1.26 bits per heavy atom. The summed E-state index contributed by atoms with van der Waals surface area (Å²) in [5.41, 5.74) is 0.893. The van der Waals surface area contributed by atoms with Crippen molar-refractivity contribution in [2.45, 2.75) is 39.3 Å². The predicted molar refractivity (Wildman–Crippen MR) is 80.1 cm³/mol. The van der Waals surface area contributed by atoms with Crippen LogP contribution in [0.25, 0.3) is 0 Å². The van der Waals surface area contributed by atoms with Gasteiger partial charge in [-0.05, 0) is 70.6 Å². The van der Waals surface area contributed by atoms with Crippen LogP contribution in [0.2, 0.25) is 5.02 Å². The highest BCUT2D eigenvalue weighted by Crippen LogP contribution is 2.13. The molecule has 0 radical (unpaired) electrons. The molecular formula is C15H24ClFN2. The van der Waals surface area contributed by atoms with Gasteiger partial charge >= 0.3 is 0 Å². The Kier molecular flexibility index (Phi) is 7.36. The summed E-state index contributed by atoms with van der Waals surface area (Å²) < 4.78 is 13.1. The lowest BCUT2D eigenvalue weighted by molar-refractivity contribution is 0.268. The van der Waals surface area contributed by atoms with Gasteiger partial charge in [-0.1, -0.05) is 11.6 Å². The molecule has 108 valence electrons. The van der Waals surface area contributed by atoms with E-state index < -0.39 is 0 Å². The summed E-state index contributed by atoms with van der Waals surface area (Å²) in [6.07, 6.45) is 2.30. The molecule has 2 nitrogen and oxygen atoms in total. The van der Waals surface area contributed by atoms with Gasteiger partial charge in [0.2, 0.25) is 0 Å². The highest BCUT2D eigenvalue weighted by Gasteiger charge is 2.02. The molecule has 0 aliphatic carbocycles. The zero-order valence-electron chi connectivity index (χ0n) is 12.0. The topological polar surface area (TPSA) is 15.3 Å². The lowest BCUT2D eigenvalue weighted by Gasteiger charge is -2.20. The second-order valence-corrected chi connectivity index (χ2v) is 5.67. The summed E-state index contributed by atoms with van der Waals surface area (Å²) in [5, 5.41) is 3.77. The number of unbranched alkanes of at least 4 members (excludes halogenated alkanes) is 1. The van der Waals surface area contributed by atoms with E-state index in [-0.39, 0.29) is 5.82 Å². The highest BCUT2D eigenvalue weighted by molar-refractivity contribution is 6.30. The van der Waals surface area contributed by atoms with Crippen LogP contribution in [0, 0.1) is 5.82 Å². The van der Waals surface area contributed by atoms with E-state index in [1.807, 2.05) is 0 Å². The molecule has 0 heterocycles. The van der Waals surface area contributed by atoms with E-state index in [1.165, 1.54) is 18.6 Å². The lowest BCUT2D eigenvalue weighted by atomic mass is 10.2. The Hall–Kier alpha value is -0.640. The number of hydrogen-bond acceptors (Lipinski definition) is 2. The quantitative estimate of drug-likeness (QED) is 0.733. The van der Waals surface area contributed by atoms with Crippen LogP contribution in [0.1, 0.15) is 32.3 Å². The fourth-order valence-corrected chi connectivity index (χ4v) is 2.06. The molecule has 0 unspecified atom stereocenters. The first-order chi connectivity index (χ1) is 8.99. The van der Waals surface area contributed by atoms with Crippen molar-refractivity contribution in [1.82, 2.24) is 10.2 Å². The third-order valence-corrected chi connectivity index (χ3v) is 3.47. The van der Waals surface area contributed by atoms with Crippen molar-refractivity contribution < 1.29 is 4.39 Å². The summed E-state index contributed by atoms with van der Waals surface area (Å²) in [5.74, 6) is -0.275. The smallest absolute Gasteiger partial charge is 0.125 e. The Balaban J connectivity index is 2.14. The Morgan fingerprint density at radius 3 is 2.63 bits per heavy atom. The lowest BCUT2D eigenvalue weighted by Crippen LogP contribution is -2.27. The number of hydrogen-bond donors (Lipinski definition) is 1. The molecule has 0 saturated heterocycles. The third-order valence-electron chi connectivity index (χ3n) is 3.25. The zero-order valence-corrected chi connectivity index (χ0v) is 12.8. The average molecular weight is 287 g/mol. The highest BCUT2D eigenvalue weighted by atomic mass is 35.5. The molecule has 0 saturated carbocycles. The molecule has 0 spiro atoms.